The maximum absolute atomic E-state index is 10.1. The van der Waals surface area contributed by atoms with E-state index in [1.54, 1.807) is 6.20 Å². The highest BCUT2D eigenvalue weighted by Crippen LogP contribution is 2.14. The number of aromatic amines is 1. The Kier molecular flexibility index (Phi) is 6.40. The first-order valence-corrected chi connectivity index (χ1v) is 6.71. The average Bonchev–Trinajstić information content (AvgIpc) is 2.30. The molecule has 0 aliphatic carbocycles. The highest BCUT2D eigenvalue weighted by atomic mass is 32.1. The number of hydrogen-bond acceptors (Lipinski definition) is 3. The molecule has 4 heteroatoms. The molecule has 1 aromatic heterocycles. The van der Waals surface area contributed by atoms with Gasteiger partial charge >= 0.3 is 0 Å². The van der Waals surface area contributed by atoms with Crippen LogP contribution in [-0.4, -0.2) is 16.1 Å². The molecule has 1 unspecified atom stereocenters. The predicted molar refractivity (Wildman–Crippen MR) is 77.6 cm³/mol. The largest absolute Gasteiger partial charge is 0.374 e. The van der Waals surface area contributed by atoms with Crippen LogP contribution in [0.3, 0.4) is 0 Å². The van der Waals surface area contributed by atoms with Gasteiger partial charge in [0.1, 0.15) is 10.9 Å². The molecule has 0 saturated carbocycles. The molecule has 3 N–H and O–H groups in total. The van der Waals surface area contributed by atoms with Crippen LogP contribution in [0.15, 0.2) is 18.3 Å². The Hall–Kier alpha value is -0.710. The van der Waals surface area contributed by atoms with Crippen LogP contribution in [0.4, 0.5) is 0 Å². The molecule has 0 aliphatic rings. The van der Waals surface area contributed by atoms with Gasteiger partial charge in [-0.05, 0) is 18.9 Å². The molecule has 0 spiro atoms. The van der Waals surface area contributed by atoms with Crippen LogP contribution in [0.5, 0.6) is 0 Å². The van der Waals surface area contributed by atoms with Crippen LogP contribution in [0.1, 0.15) is 54.2 Å². The van der Waals surface area contributed by atoms with Gasteiger partial charge < -0.3 is 10.1 Å². The van der Waals surface area contributed by atoms with Gasteiger partial charge in [-0.1, -0.05) is 45.0 Å². The Bertz CT molecular complexity index is 381. The number of H-pyrrole nitrogens is 1. The summed E-state index contributed by atoms with van der Waals surface area (Å²) in [6, 6.07) is 4.06. The van der Waals surface area contributed by atoms with Crippen molar-refractivity contribution in [1.29, 1.82) is 0 Å². The summed E-state index contributed by atoms with van der Waals surface area (Å²) in [5, 5.41) is 13.4. The summed E-state index contributed by atoms with van der Waals surface area (Å²) in [7, 11) is 0. The summed E-state index contributed by atoms with van der Waals surface area (Å²) in [4.78, 5) is 2.93. The van der Waals surface area contributed by atoms with Crippen LogP contribution < -0.4 is 5.32 Å². The van der Waals surface area contributed by atoms with Crippen LogP contribution in [0.25, 0.3) is 0 Å². The first kappa shape index (κ1) is 14.4. The normalized spacial score (nSPS) is 12.9. The quantitative estimate of drug-likeness (QED) is 0.515. The maximum atomic E-state index is 10.1. The third kappa shape index (κ3) is 4.58. The highest BCUT2D eigenvalue weighted by Gasteiger charge is 2.14. The van der Waals surface area contributed by atoms with E-state index in [1.165, 1.54) is 0 Å². The predicted octanol–water partition coefficient (Wildman–Crippen LogP) is 3.79. The van der Waals surface area contributed by atoms with E-state index in [-0.39, 0.29) is 2.85 Å². The van der Waals surface area contributed by atoms with E-state index in [2.05, 4.69) is 24.1 Å². The topological polar surface area (TPSA) is 48.0 Å². The Labute approximate surface area is 111 Å². The first-order chi connectivity index (χ1) is 8.19. The second-order valence-electron chi connectivity index (χ2n) is 4.30. The lowest BCUT2D eigenvalue weighted by molar-refractivity contribution is 0.118. The lowest BCUT2D eigenvalue weighted by atomic mass is 10.1. The van der Waals surface area contributed by atoms with Gasteiger partial charge in [0, 0.05) is 20.7 Å². The van der Waals surface area contributed by atoms with Gasteiger partial charge in [0.25, 0.3) is 0 Å². The van der Waals surface area contributed by atoms with Crippen molar-refractivity contribution in [3.8, 4) is 0 Å². The summed E-state index contributed by atoms with van der Waals surface area (Å²) in [6.45, 7) is 4.32. The molecule has 3 nitrogen and oxygen atoms in total. The van der Waals surface area contributed by atoms with Crippen LogP contribution in [0, 0.1) is 4.64 Å². The molecule has 0 fully saturated rings. The lowest BCUT2D eigenvalue weighted by Crippen LogP contribution is -2.32. The molecule has 0 amide bonds. The van der Waals surface area contributed by atoms with Gasteiger partial charge in [0.15, 0.2) is 0 Å². The van der Waals surface area contributed by atoms with Crippen LogP contribution in [-0.2, 0) is 0 Å². The zero-order valence-corrected chi connectivity index (χ0v) is 11.4. The van der Waals surface area contributed by atoms with E-state index in [0.717, 1.165) is 31.2 Å². The standard InChI is InChI=1S/C13H22N2OS.2H2/c1-3-6-10(7-4-2)15-12(16)11-8-5-9-14-13(11)17;;/h5,8-10,12,15-16H,3-4,6-7H2,1-2H3,(H,14,17);2*1H. The number of aromatic nitrogens is 1. The van der Waals surface area contributed by atoms with Gasteiger partial charge in [0.2, 0.25) is 0 Å². The third-order valence-electron chi connectivity index (χ3n) is 2.81. The van der Waals surface area contributed by atoms with Crippen molar-refractivity contribution in [3.63, 3.8) is 0 Å². The second-order valence-corrected chi connectivity index (χ2v) is 4.71. The van der Waals surface area contributed by atoms with Crippen LogP contribution >= 0.6 is 12.2 Å². The van der Waals surface area contributed by atoms with Gasteiger partial charge in [-0.3, -0.25) is 5.32 Å². The van der Waals surface area contributed by atoms with Gasteiger partial charge in [0.05, 0.1) is 0 Å². The summed E-state index contributed by atoms with van der Waals surface area (Å²) in [6.07, 6.45) is 5.48. The van der Waals surface area contributed by atoms with E-state index in [1.807, 2.05) is 12.1 Å². The zero-order valence-electron chi connectivity index (χ0n) is 10.6. The molecule has 0 aromatic carbocycles. The number of aliphatic hydroxyl groups excluding tert-OH is 1. The number of hydrogen-bond donors (Lipinski definition) is 3. The summed E-state index contributed by atoms with van der Waals surface area (Å²) >= 11 is 5.15. The molecule has 1 rings (SSSR count). The molecule has 0 aliphatic heterocycles. The van der Waals surface area contributed by atoms with Crippen molar-refractivity contribution < 1.29 is 7.96 Å². The van der Waals surface area contributed by atoms with Gasteiger partial charge in [-0.15, -0.1) is 0 Å². The molecule has 100 valence electrons. The Balaban J connectivity index is 0. The molecule has 0 saturated heterocycles. The smallest absolute Gasteiger partial charge is 0.134 e. The van der Waals surface area contributed by atoms with Crippen molar-refractivity contribution in [1.82, 2.24) is 10.3 Å². The fraction of sp³-hybridized carbons (Fsp3) is 0.615. The molecule has 0 radical (unpaired) electrons. The van der Waals surface area contributed by atoms with Crippen molar-refractivity contribution in [3.05, 3.63) is 28.5 Å². The number of pyridine rings is 1. The fourth-order valence-electron chi connectivity index (χ4n) is 1.97. The highest BCUT2D eigenvalue weighted by molar-refractivity contribution is 7.71. The summed E-state index contributed by atoms with van der Waals surface area (Å²) in [5.41, 5.74) is 0.750. The maximum Gasteiger partial charge on any atom is 0.134 e. The van der Waals surface area contributed by atoms with E-state index < -0.39 is 6.23 Å². The zero-order chi connectivity index (χ0) is 12.7. The molecular weight excluding hydrogens is 232 g/mol. The molecular formula is C13H26N2OS. The molecule has 1 atom stereocenters. The minimum absolute atomic E-state index is 0. The lowest BCUT2D eigenvalue weighted by Gasteiger charge is -2.22. The fourth-order valence-corrected chi connectivity index (χ4v) is 2.22. The van der Waals surface area contributed by atoms with Gasteiger partial charge in [-0.2, -0.15) is 0 Å². The first-order valence-electron chi connectivity index (χ1n) is 6.30. The monoisotopic (exact) mass is 258 g/mol. The Morgan fingerprint density at radius 1 is 1.41 bits per heavy atom. The van der Waals surface area contributed by atoms with Crippen molar-refractivity contribution in [2.24, 2.45) is 0 Å². The van der Waals surface area contributed by atoms with Gasteiger partial charge in [-0.25, -0.2) is 0 Å². The number of rotatable bonds is 7. The molecule has 1 heterocycles. The minimum atomic E-state index is -0.678. The minimum Gasteiger partial charge on any atom is -0.374 e. The summed E-state index contributed by atoms with van der Waals surface area (Å²) in [5.74, 6) is 0. The SMILES string of the molecule is CCCC(CCC)NC(O)c1ccc[nH]c1=S.[HH].[HH]. The molecule has 0 bridgehead atoms. The van der Waals surface area contributed by atoms with E-state index in [4.69, 9.17) is 12.2 Å². The molecule has 1 aromatic rings. The van der Waals surface area contributed by atoms with E-state index in [9.17, 15) is 5.11 Å². The number of nitrogens with one attached hydrogen (secondary N) is 2. The average molecular weight is 258 g/mol. The molecule has 17 heavy (non-hydrogen) atoms. The van der Waals surface area contributed by atoms with E-state index in [0.29, 0.717) is 10.7 Å². The second kappa shape index (κ2) is 7.58. The van der Waals surface area contributed by atoms with Crippen molar-refractivity contribution in [2.45, 2.75) is 51.8 Å². The van der Waals surface area contributed by atoms with Crippen molar-refractivity contribution >= 4 is 12.2 Å². The third-order valence-corrected chi connectivity index (χ3v) is 3.16. The van der Waals surface area contributed by atoms with Crippen molar-refractivity contribution in [2.75, 3.05) is 0 Å². The Morgan fingerprint density at radius 3 is 2.59 bits per heavy atom. The number of aliphatic hydroxyl groups is 1. The van der Waals surface area contributed by atoms with Crippen LogP contribution in [0.2, 0.25) is 0 Å². The van der Waals surface area contributed by atoms with E-state index >= 15 is 0 Å². The summed E-state index contributed by atoms with van der Waals surface area (Å²) < 4.78 is 0.597. The Morgan fingerprint density at radius 2 is 2.06 bits per heavy atom.